The molecular formula is C27H24FN3O2. The van der Waals surface area contributed by atoms with Crippen LogP contribution in [0.2, 0.25) is 0 Å². The van der Waals surface area contributed by atoms with Crippen LogP contribution in [0.25, 0.3) is 22.0 Å². The van der Waals surface area contributed by atoms with Gasteiger partial charge in [-0.05, 0) is 52.9 Å². The van der Waals surface area contributed by atoms with Gasteiger partial charge < -0.3 is 15.2 Å². The van der Waals surface area contributed by atoms with Crippen molar-refractivity contribution < 1.29 is 14.0 Å². The first kappa shape index (κ1) is 20.9. The molecule has 1 aliphatic heterocycles. The molecule has 5 rings (SSSR count). The van der Waals surface area contributed by atoms with Crippen LogP contribution >= 0.6 is 0 Å². The first-order valence-corrected chi connectivity index (χ1v) is 11.1. The SMILES string of the molecule is O=C(NCc1ccccc1-c1ccc(CN2CCCC2=O)cc1)c1cc2cc(F)ccc2[nH]1. The highest BCUT2D eigenvalue weighted by Gasteiger charge is 2.20. The monoisotopic (exact) mass is 441 g/mol. The summed E-state index contributed by atoms with van der Waals surface area (Å²) in [4.78, 5) is 29.5. The van der Waals surface area contributed by atoms with Gasteiger partial charge in [-0.2, -0.15) is 0 Å². The van der Waals surface area contributed by atoms with Gasteiger partial charge in [0.15, 0.2) is 0 Å². The van der Waals surface area contributed by atoms with Gasteiger partial charge in [-0.1, -0.05) is 48.5 Å². The first-order chi connectivity index (χ1) is 16.1. The third kappa shape index (κ3) is 4.51. The van der Waals surface area contributed by atoms with Gasteiger partial charge in [-0.3, -0.25) is 9.59 Å². The summed E-state index contributed by atoms with van der Waals surface area (Å²) < 4.78 is 13.4. The zero-order chi connectivity index (χ0) is 22.8. The molecule has 0 radical (unpaired) electrons. The number of likely N-dealkylation sites (tertiary alicyclic amines) is 1. The number of rotatable bonds is 6. The second-order valence-corrected chi connectivity index (χ2v) is 8.37. The Morgan fingerprint density at radius 2 is 1.85 bits per heavy atom. The van der Waals surface area contributed by atoms with E-state index in [1.165, 1.54) is 12.1 Å². The Hall–Kier alpha value is -3.93. The average Bonchev–Trinajstić information content (AvgIpc) is 3.44. The van der Waals surface area contributed by atoms with E-state index >= 15 is 0 Å². The predicted molar refractivity (Wildman–Crippen MR) is 126 cm³/mol. The number of carbonyl (C=O) groups excluding carboxylic acids is 2. The first-order valence-electron chi connectivity index (χ1n) is 11.1. The van der Waals surface area contributed by atoms with Gasteiger partial charge in [0.1, 0.15) is 11.5 Å². The molecule has 2 N–H and O–H groups in total. The number of carbonyl (C=O) groups is 2. The fourth-order valence-electron chi connectivity index (χ4n) is 4.33. The molecule has 3 aromatic carbocycles. The van der Waals surface area contributed by atoms with E-state index in [9.17, 15) is 14.0 Å². The number of aromatic nitrogens is 1. The minimum absolute atomic E-state index is 0.222. The van der Waals surface area contributed by atoms with Gasteiger partial charge in [-0.25, -0.2) is 4.39 Å². The molecule has 2 amide bonds. The number of hydrogen-bond acceptors (Lipinski definition) is 2. The summed E-state index contributed by atoms with van der Waals surface area (Å²) in [5.41, 5.74) is 5.31. The van der Waals surface area contributed by atoms with Crippen LogP contribution in [-0.4, -0.2) is 28.2 Å². The fourth-order valence-corrected chi connectivity index (χ4v) is 4.33. The molecule has 6 heteroatoms. The Morgan fingerprint density at radius 1 is 1.03 bits per heavy atom. The zero-order valence-electron chi connectivity index (χ0n) is 18.1. The molecular weight excluding hydrogens is 417 g/mol. The van der Waals surface area contributed by atoms with E-state index in [2.05, 4.69) is 34.6 Å². The second-order valence-electron chi connectivity index (χ2n) is 8.37. The fraction of sp³-hybridized carbons (Fsp3) is 0.185. The number of H-pyrrole nitrogens is 1. The van der Waals surface area contributed by atoms with E-state index in [1.54, 1.807) is 12.1 Å². The zero-order valence-corrected chi connectivity index (χ0v) is 18.1. The second kappa shape index (κ2) is 8.90. The van der Waals surface area contributed by atoms with Gasteiger partial charge in [0.05, 0.1) is 0 Å². The lowest BCUT2D eigenvalue weighted by Gasteiger charge is -2.16. The van der Waals surface area contributed by atoms with E-state index in [1.807, 2.05) is 29.2 Å². The summed E-state index contributed by atoms with van der Waals surface area (Å²) in [6.45, 7) is 1.84. The number of fused-ring (bicyclic) bond motifs is 1. The Kier molecular flexibility index (Phi) is 5.65. The molecule has 5 nitrogen and oxygen atoms in total. The van der Waals surface area contributed by atoms with Crippen molar-refractivity contribution in [1.82, 2.24) is 15.2 Å². The van der Waals surface area contributed by atoms with E-state index in [4.69, 9.17) is 0 Å². The van der Waals surface area contributed by atoms with Crippen molar-refractivity contribution in [3.05, 3.63) is 95.4 Å². The molecule has 2 heterocycles. The molecule has 0 atom stereocenters. The number of amides is 2. The van der Waals surface area contributed by atoms with Crippen molar-refractivity contribution in [2.45, 2.75) is 25.9 Å². The topological polar surface area (TPSA) is 65.2 Å². The molecule has 0 bridgehead atoms. The number of benzene rings is 3. The molecule has 0 aliphatic carbocycles. The Bertz CT molecular complexity index is 1330. The van der Waals surface area contributed by atoms with Crippen LogP contribution in [0.5, 0.6) is 0 Å². The molecule has 33 heavy (non-hydrogen) atoms. The number of hydrogen-bond donors (Lipinski definition) is 2. The van der Waals surface area contributed by atoms with Gasteiger partial charge in [0, 0.05) is 37.0 Å². The van der Waals surface area contributed by atoms with Crippen molar-refractivity contribution in [2.75, 3.05) is 6.54 Å². The maximum Gasteiger partial charge on any atom is 0.267 e. The van der Waals surface area contributed by atoms with E-state index in [0.29, 0.717) is 30.6 Å². The van der Waals surface area contributed by atoms with E-state index in [-0.39, 0.29) is 17.6 Å². The molecule has 0 spiro atoms. The molecule has 4 aromatic rings. The summed E-state index contributed by atoms with van der Waals surface area (Å²) >= 11 is 0. The van der Waals surface area contributed by atoms with Crippen LogP contribution in [0.15, 0.2) is 72.8 Å². The average molecular weight is 442 g/mol. The van der Waals surface area contributed by atoms with E-state index < -0.39 is 0 Å². The maximum absolute atomic E-state index is 13.4. The summed E-state index contributed by atoms with van der Waals surface area (Å²) in [6.07, 6.45) is 1.58. The van der Waals surface area contributed by atoms with Crippen LogP contribution in [0.4, 0.5) is 4.39 Å². The number of nitrogens with zero attached hydrogens (tertiary/aromatic N) is 1. The molecule has 1 saturated heterocycles. The smallest absolute Gasteiger partial charge is 0.267 e. The quantitative estimate of drug-likeness (QED) is 0.441. The molecule has 166 valence electrons. The molecule has 0 unspecified atom stereocenters. The summed E-state index contributed by atoms with van der Waals surface area (Å²) in [5, 5.41) is 3.62. The third-order valence-electron chi connectivity index (χ3n) is 6.09. The lowest BCUT2D eigenvalue weighted by atomic mass is 9.98. The Balaban J connectivity index is 1.29. The number of halogens is 1. The van der Waals surface area contributed by atoms with E-state index in [0.717, 1.165) is 40.7 Å². The lowest BCUT2D eigenvalue weighted by Crippen LogP contribution is -2.23. The highest BCUT2D eigenvalue weighted by molar-refractivity contribution is 5.98. The Labute approximate surface area is 191 Å². The summed E-state index contributed by atoms with van der Waals surface area (Å²) in [5.74, 6) is -0.354. The van der Waals surface area contributed by atoms with Crippen molar-refractivity contribution in [1.29, 1.82) is 0 Å². The van der Waals surface area contributed by atoms with Crippen LogP contribution in [0.3, 0.4) is 0 Å². The van der Waals surface area contributed by atoms with Crippen molar-refractivity contribution >= 4 is 22.7 Å². The molecule has 1 aliphatic rings. The summed E-state index contributed by atoms with van der Waals surface area (Å²) in [7, 11) is 0. The number of nitrogens with one attached hydrogen (secondary N) is 2. The van der Waals surface area contributed by atoms with Crippen LogP contribution in [0.1, 0.15) is 34.5 Å². The Morgan fingerprint density at radius 3 is 2.64 bits per heavy atom. The molecule has 1 aromatic heterocycles. The molecule has 0 saturated carbocycles. The van der Waals surface area contributed by atoms with Crippen LogP contribution < -0.4 is 5.32 Å². The summed E-state index contributed by atoms with van der Waals surface area (Å²) in [6, 6.07) is 22.2. The van der Waals surface area contributed by atoms with Crippen molar-refractivity contribution in [3.8, 4) is 11.1 Å². The highest BCUT2D eigenvalue weighted by atomic mass is 19.1. The minimum atomic E-state index is -0.333. The normalized spacial score (nSPS) is 13.6. The highest BCUT2D eigenvalue weighted by Crippen LogP contribution is 2.25. The van der Waals surface area contributed by atoms with Gasteiger partial charge in [0.25, 0.3) is 5.91 Å². The van der Waals surface area contributed by atoms with Crippen molar-refractivity contribution in [2.24, 2.45) is 0 Å². The van der Waals surface area contributed by atoms with Crippen molar-refractivity contribution in [3.63, 3.8) is 0 Å². The van der Waals surface area contributed by atoms with Crippen LogP contribution in [-0.2, 0) is 17.9 Å². The predicted octanol–water partition coefficient (Wildman–Crippen LogP) is 5.03. The number of aromatic amines is 1. The van der Waals surface area contributed by atoms with Crippen LogP contribution in [0, 0.1) is 5.82 Å². The lowest BCUT2D eigenvalue weighted by molar-refractivity contribution is -0.128. The third-order valence-corrected chi connectivity index (χ3v) is 6.09. The maximum atomic E-state index is 13.4. The largest absolute Gasteiger partial charge is 0.351 e. The molecule has 1 fully saturated rings. The van der Waals surface area contributed by atoms with Gasteiger partial charge >= 0.3 is 0 Å². The minimum Gasteiger partial charge on any atom is -0.351 e. The standard InChI is InChI=1S/C27H24FN3O2/c28-22-11-12-24-21(14-22)15-25(30-24)27(33)29-16-20-4-1-2-5-23(20)19-9-7-18(8-10-19)17-31-13-3-6-26(31)32/h1-2,4-5,7-12,14-15,30H,3,6,13,16-17H2,(H,29,33). The van der Waals surface area contributed by atoms with Gasteiger partial charge in [0.2, 0.25) is 5.91 Å². The van der Waals surface area contributed by atoms with Gasteiger partial charge in [-0.15, -0.1) is 0 Å².